The molecule has 64 valence electrons. The molecule has 1 rings (SSSR count). The van der Waals surface area contributed by atoms with Gasteiger partial charge in [-0.1, -0.05) is 18.2 Å². The van der Waals surface area contributed by atoms with Gasteiger partial charge in [0.05, 0.1) is 11.2 Å². The number of nitrogens with two attached hydrogens (primary N) is 1. The molecule has 1 aromatic rings. The van der Waals surface area contributed by atoms with Gasteiger partial charge in [0, 0.05) is 0 Å². The molecule has 12 heavy (non-hydrogen) atoms. The first-order valence-electron chi connectivity index (χ1n) is 3.22. The van der Waals surface area contributed by atoms with Crippen molar-refractivity contribution in [3.8, 4) is 0 Å². The second-order valence-corrected chi connectivity index (χ2v) is 3.67. The van der Waals surface area contributed by atoms with E-state index in [1.807, 2.05) is 0 Å². The molecule has 5 heteroatoms. The first-order chi connectivity index (χ1) is 5.67. The van der Waals surface area contributed by atoms with E-state index >= 15 is 0 Å². The molecule has 0 unspecified atom stereocenters. The van der Waals surface area contributed by atoms with E-state index < -0.39 is 10.0 Å². The SMILES string of the molecule is NC=NS(=O)(=O)c1ccccc1. The number of sulfonamides is 1. The Kier molecular flexibility index (Phi) is 2.44. The van der Waals surface area contributed by atoms with Crippen molar-refractivity contribution >= 4 is 16.4 Å². The van der Waals surface area contributed by atoms with Gasteiger partial charge in [0.2, 0.25) is 0 Å². The maximum absolute atomic E-state index is 11.2. The van der Waals surface area contributed by atoms with Crippen LogP contribution in [0.5, 0.6) is 0 Å². The van der Waals surface area contributed by atoms with Crippen molar-refractivity contribution in [3.05, 3.63) is 30.3 Å². The zero-order chi connectivity index (χ0) is 9.03. The standard InChI is InChI=1S/C7H8N2O2S/c8-6-9-12(10,11)7-4-2-1-3-5-7/h1-6H,(H2,8,9). The van der Waals surface area contributed by atoms with E-state index in [9.17, 15) is 8.42 Å². The molecular formula is C7H8N2O2S. The lowest BCUT2D eigenvalue weighted by atomic mass is 10.4. The average Bonchev–Trinajstić information content (AvgIpc) is 2.06. The summed E-state index contributed by atoms with van der Waals surface area (Å²) in [5.41, 5.74) is 4.88. The third-order valence-corrected chi connectivity index (χ3v) is 2.51. The predicted octanol–water partition coefficient (Wildman–Crippen LogP) is 0.362. The predicted molar refractivity (Wildman–Crippen MR) is 46.3 cm³/mol. The van der Waals surface area contributed by atoms with E-state index in [0.29, 0.717) is 0 Å². The molecule has 4 nitrogen and oxygen atoms in total. The summed E-state index contributed by atoms with van der Waals surface area (Å²) in [5.74, 6) is 0. The van der Waals surface area contributed by atoms with Gasteiger partial charge >= 0.3 is 0 Å². The molecule has 0 radical (unpaired) electrons. The molecule has 0 spiro atoms. The summed E-state index contributed by atoms with van der Waals surface area (Å²) in [5, 5.41) is 0. The van der Waals surface area contributed by atoms with Gasteiger partial charge in [-0.25, -0.2) is 0 Å². The third kappa shape index (κ3) is 1.82. The van der Waals surface area contributed by atoms with E-state index in [2.05, 4.69) is 4.40 Å². The minimum absolute atomic E-state index is 0.145. The zero-order valence-electron chi connectivity index (χ0n) is 6.21. The summed E-state index contributed by atoms with van der Waals surface area (Å²) in [7, 11) is -3.57. The Balaban J connectivity index is 3.16. The highest BCUT2D eigenvalue weighted by Gasteiger charge is 2.08. The number of hydrogen-bond acceptors (Lipinski definition) is 2. The van der Waals surface area contributed by atoms with E-state index in [0.717, 1.165) is 6.34 Å². The van der Waals surface area contributed by atoms with Crippen LogP contribution in [0.25, 0.3) is 0 Å². The molecule has 0 aliphatic carbocycles. The van der Waals surface area contributed by atoms with Crippen LogP contribution in [0, 0.1) is 0 Å². The van der Waals surface area contributed by atoms with Gasteiger partial charge in [0.25, 0.3) is 10.0 Å². The van der Waals surface area contributed by atoms with Crippen LogP contribution in [0.2, 0.25) is 0 Å². The molecule has 0 saturated carbocycles. The van der Waals surface area contributed by atoms with Crippen LogP contribution in [-0.4, -0.2) is 14.8 Å². The fourth-order valence-electron chi connectivity index (χ4n) is 0.733. The lowest BCUT2D eigenvalue weighted by Gasteiger charge is -1.94. The second-order valence-electron chi connectivity index (χ2n) is 2.04. The Hall–Kier alpha value is -1.36. The van der Waals surface area contributed by atoms with Gasteiger partial charge in [-0.3, -0.25) is 0 Å². The van der Waals surface area contributed by atoms with Crippen LogP contribution >= 0.6 is 0 Å². The molecule has 0 amide bonds. The lowest BCUT2D eigenvalue weighted by molar-refractivity contribution is 0.598. The monoisotopic (exact) mass is 184 g/mol. The molecule has 0 aliphatic rings. The topological polar surface area (TPSA) is 72.5 Å². The van der Waals surface area contributed by atoms with Crippen LogP contribution in [0.15, 0.2) is 39.6 Å². The third-order valence-electron chi connectivity index (χ3n) is 1.24. The average molecular weight is 184 g/mol. The van der Waals surface area contributed by atoms with Crippen LogP contribution in [0.3, 0.4) is 0 Å². The first-order valence-corrected chi connectivity index (χ1v) is 4.66. The maximum atomic E-state index is 11.2. The molecule has 0 bridgehead atoms. The molecule has 1 aromatic carbocycles. The molecule has 0 heterocycles. The molecule has 0 saturated heterocycles. The van der Waals surface area contributed by atoms with Crippen LogP contribution < -0.4 is 5.73 Å². The molecule has 0 aromatic heterocycles. The molecule has 0 aliphatic heterocycles. The van der Waals surface area contributed by atoms with E-state index in [-0.39, 0.29) is 4.90 Å². The van der Waals surface area contributed by atoms with Crippen molar-refractivity contribution in [2.24, 2.45) is 10.1 Å². The molecule has 2 N–H and O–H groups in total. The van der Waals surface area contributed by atoms with Crippen LogP contribution in [0.4, 0.5) is 0 Å². The second kappa shape index (κ2) is 3.36. The summed E-state index contributed by atoms with van der Waals surface area (Å²) >= 11 is 0. The highest BCUT2D eigenvalue weighted by atomic mass is 32.2. The zero-order valence-corrected chi connectivity index (χ0v) is 7.03. The number of rotatable bonds is 2. The van der Waals surface area contributed by atoms with Gasteiger partial charge in [-0.2, -0.15) is 12.8 Å². The largest absolute Gasteiger partial charge is 0.389 e. The summed E-state index contributed by atoms with van der Waals surface area (Å²) in [4.78, 5) is 0.145. The normalized spacial score (nSPS) is 12.0. The number of nitrogens with zero attached hydrogens (tertiary/aromatic N) is 1. The first kappa shape index (κ1) is 8.73. The van der Waals surface area contributed by atoms with Gasteiger partial charge < -0.3 is 5.73 Å². The Morgan fingerprint density at radius 1 is 1.25 bits per heavy atom. The van der Waals surface area contributed by atoms with Crippen LogP contribution in [-0.2, 0) is 10.0 Å². The molecular weight excluding hydrogens is 176 g/mol. The minimum atomic E-state index is -3.57. The molecule has 0 atom stereocenters. The fourth-order valence-corrected chi connectivity index (χ4v) is 1.52. The quantitative estimate of drug-likeness (QED) is 0.533. The van der Waals surface area contributed by atoms with Crippen molar-refractivity contribution < 1.29 is 8.42 Å². The Bertz CT molecular complexity index is 370. The summed E-state index contributed by atoms with van der Waals surface area (Å²) in [6.45, 7) is 0. The maximum Gasteiger partial charge on any atom is 0.283 e. The van der Waals surface area contributed by atoms with Gasteiger partial charge in [0.1, 0.15) is 0 Å². The van der Waals surface area contributed by atoms with Crippen molar-refractivity contribution in [2.45, 2.75) is 4.90 Å². The Morgan fingerprint density at radius 2 is 1.83 bits per heavy atom. The Labute approximate surface area is 70.8 Å². The van der Waals surface area contributed by atoms with E-state index in [1.165, 1.54) is 12.1 Å². The van der Waals surface area contributed by atoms with Crippen LogP contribution in [0.1, 0.15) is 0 Å². The summed E-state index contributed by atoms with van der Waals surface area (Å²) < 4.78 is 25.5. The van der Waals surface area contributed by atoms with E-state index in [1.54, 1.807) is 18.2 Å². The lowest BCUT2D eigenvalue weighted by Crippen LogP contribution is -2.00. The fraction of sp³-hybridized carbons (Fsp3) is 0. The highest BCUT2D eigenvalue weighted by Crippen LogP contribution is 2.09. The van der Waals surface area contributed by atoms with Crippen molar-refractivity contribution in [2.75, 3.05) is 0 Å². The van der Waals surface area contributed by atoms with E-state index in [4.69, 9.17) is 5.73 Å². The number of hydrogen-bond donors (Lipinski definition) is 1. The molecule has 0 fully saturated rings. The van der Waals surface area contributed by atoms with Crippen molar-refractivity contribution in [1.29, 1.82) is 0 Å². The highest BCUT2D eigenvalue weighted by molar-refractivity contribution is 7.90. The summed E-state index contributed by atoms with van der Waals surface area (Å²) in [6, 6.07) is 7.90. The smallest absolute Gasteiger partial charge is 0.283 e. The van der Waals surface area contributed by atoms with Gasteiger partial charge in [-0.05, 0) is 12.1 Å². The van der Waals surface area contributed by atoms with Gasteiger partial charge in [-0.15, -0.1) is 0 Å². The van der Waals surface area contributed by atoms with Crippen molar-refractivity contribution in [1.82, 2.24) is 0 Å². The van der Waals surface area contributed by atoms with Gasteiger partial charge in [0.15, 0.2) is 0 Å². The Morgan fingerprint density at radius 3 is 2.33 bits per heavy atom. The number of benzene rings is 1. The van der Waals surface area contributed by atoms with Crippen molar-refractivity contribution in [3.63, 3.8) is 0 Å². The minimum Gasteiger partial charge on any atom is -0.389 e. The summed E-state index contributed by atoms with van der Waals surface area (Å²) in [6.07, 6.45) is 0.766.